The van der Waals surface area contributed by atoms with Gasteiger partial charge in [0.25, 0.3) is 0 Å². The van der Waals surface area contributed by atoms with Gasteiger partial charge < -0.3 is 4.74 Å². The molecule has 0 unspecified atom stereocenters. The number of ether oxygens (including phenoxy) is 2. The van der Waals surface area contributed by atoms with Crippen LogP contribution in [0.15, 0.2) is 0 Å². The lowest BCUT2D eigenvalue weighted by Gasteiger charge is -2.16. The Morgan fingerprint density at radius 2 is 1.71 bits per heavy atom. The monoisotopic (exact) mass is 221 g/mol. The van der Waals surface area contributed by atoms with Crippen molar-refractivity contribution in [3.8, 4) is 0 Å². The van der Waals surface area contributed by atoms with Crippen LogP contribution in [0.3, 0.4) is 0 Å². The van der Waals surface area contributed by atoms with Gasteiger partial charge in [-0.05, 0) is 6.42 Å². The predicted molar refractivity (Wildman–Crippen MR) is 37.2 cm³/mol. The summed E-state index contributed by atoms with van der Waals surface area (Å²) in [5.41, 5.74) is 0. The fourth-order valence-corrected chi connectivity index (χ4v) is 0.522. The first-order valence-corrected chi connectivity index (χ1v) is 3.87. The van der Waals surface area contributed by atoms with Crippen molar-refractivity contribution in [3.05, 3.63) is 6.61 Å². The molecule has 0 aliphatic rings. The van der Waals surface area contributed by atoms with Crippen molar-refractivity contribution in [2.75, 3.05) is 6.61 Å². The number of unbranched alkanes of at least 4 members (excludes halogenated alkanes) is 1. The molecule has 0 rings (SSSR count). The molecule has 0 aromatic carbocycles. The molecule has 0 atom stereocenters. The zero-order valence-corrected chi connectivity index (χ0v) is 7.40. The van der Waals surface area contributed by atoms with Gasteiger partial charge in [-0.2, -0.15) is 8.78 Å². The molecule has 0 aliphatic carbocycles. The molecular weight excluding hydrogens is 211 g/mol. The fourth-order valence-electron chi connectivity index (χ4n) is 0.522. The van der Waals surface area contributed by atoms with E-state index in [1.807, 2.05) is 0 Å². The molecule has 0 amide bonds. The predicted octanol–water partition coefficient (Wildman–Crippen LogP) is 3.09. The molecule has 0 bridgehead atoms. The maximum atomic E-state index is 12.4. The first-order chi connectivity index (χ1) is 6.27. The lowest BCUT2D eigenvalue weighted by molar-refractivity contribution is -0.344. The number of rotatable bonds is 6. The van der Waals surface area contributed by atoms with E-state index in [-0.39, 0.29) is 6.61 Å². The summed E-state index contributed by atoms with van der Waals surface area (Å²) in [6.45, 7) is 0.751. The quantitative estimate of drug-likeness (QED) is 0.506. The normalized spacial score (nSPS) is 13.3. The van der Waals surface area contributed by atoms with E-state index >= 15 is 0 Å². The molecule has 0 saturated heterocycles. The Morgan fingerprint density at radius 1 is 1.14 bits per heavy atom. The van der Waals surface area contributed by atoms with Gasteiger partial charge in [-0.3, -0.25) is 4.74 Å². The molecule has 7 heteroatoms. The van der Waals surface area contributed by atoms with Crippen LogP contribution in [0.1, 0.15) is 19.8 Å². The first kappa shape index (κ1) is 13.6. The number of halogens is 5. The van der Waals surface area contributed by atoms with Gasteiger partial charge in [0.1, 0.15) is 0 Å². The molecule has 1 radical (unpaired) electrons. The van der Waals surface area contributed by atoms with Gasteiger partial charge in [0.05, 0.1) is 6.61 Å². The van der Waals surface area contributed by atoms with Crippen molar-refractivity contribution < 1.29 is 31.4 Å². The zero-order chi connectivity index (χ0) is 11.2. The maximum absolute atomic E-state index is 12.4. The van der Waals surface area contributed by atoms with Crippen molar-refractivity contribution in [1.29, 1.82) is 0 Å². The Morgan fingerprint density at radius 3 is 2.14 bits per heavy atom. The van der Waals surface area contributed by atoms with E-state index < -0.39 is 19.1 Å². The minimum atomic E-state index is -5.11. The topological polar surface area (TPSA) is 18.5 Å². The van der Waals surface area contributed by atoms with Gasteiger partial charge in [0, 0.05) is 0 Å². The molecule has 0 aliphatic heterocycles. The average molecular weight is 221 g/mol. The van der Waals surface area contributed by atoms with Crippen LogP contribution in [0.25, 0.3) is 0 Å². The lowest BCUT2D eigenvalue weighted by Crippen LogP contribution is -2.27. The molecule has 0 fully saturated rings. The lowest BCUT2D eigenvalue weighted by atomic mass is 10.4. The van der Waals surface area contributed by atoms with Crippen molar-refractivity contribution in [2.45, 2.75) is 32.2 Å². The van der Waals surface area contributed by atoms with Gasteiger partial charge >= 0.3 is 12.5 Å². The third kappa shape index (κ3) is 8.18. The smallest absolute Gasteiger partial charge is 0.318 e. The minimum Gasteiger partial charge on any atom is -0.318 e. The minimum absolute atomic E-state index is 0.318. The molecule has 2 nitrogen and oxygen atoms in total. The van der Waals surface area contributed by atoms with Gasteiger partial charge in [-0.1, -0.05) is 13.3 Å². The molecule has 0 heterocycles. The average Bonchev–Trinajstić information content (AvgIpc) is 2.00. The second-order valence-corrected chi connectivity index (χ2v) is 2.45. The van der Waals surface area contributed by atoms with Crippen molar-refractivity contribution in [1.82, 2.24) is 0 Å². The summed E-state index contributed by atoms with van der Waals surface area (Å²) in [4.78, 5) is 0. The molecule has 0 aromatic rings. The SMILES string of the molecule is CCCCOC(F)(F)[CH]OC(F)(F)F. The Hall–Kier alpha value is -0.430. The van der Waals surface area contributed by atoms with Gasteiger partial charge in [-0.15, -0.1) is 13.2 Å². The van der Waals surface area contributed by atoms with Crippen LogP contribution >= 0.6 is 0 Å². The van der Waals surface area contributed by atoms with E-state index in [2.05, 4.69) is 9.47 Å². The highest BCUT2D eigenvalue weighted by Crippen LogP contribution is 2.26. The molecule has 14 heavy (non-hydrogen) atoms. The Kier molecular flexibility index (Phi) is 5.28. The third-order valence-electron chi connectivity index (χ3n) is 1.12. The van der Waals surface area contributed by atoms with Crippen molar-refractivity contribution in [2.24, 2.45) is 0 Å². The summed E-state index contributed by atoms with van der Waals surface area (Å²) in [6.07, 6.45) is -8.17. The summed E-state index contributed by atoms with van der Waals surface area (Å²) >= 11 is 0. The summed E-state index contributed by atoms with van der Waals surface area (Å²) in [7, 11) is 0. The number of hydrogen-bond acceptors (Lipinski definition) is 2. The molecule has 0 N–H and O–H groups in total. The molecule has 85 valence electrons. The van der Waals surface area contributed by atoms with Crippen LogP contribution in [0.5, 0.6) is 0 Å². The van der Waals surface area contributed by atoms with E-state index in [0.29, 0.717) is 12.8 Å². The number of alkyl halides is 5. The maximum Gasteiger partial charge on any atom is 0.523 e. The summed E-state index contributed by atoms with van der Waals surface area (Å²) in [6, 6.07) is 0. The standard InChI is InChI=1S/C7H10F5O2/c1-2-3-4-13-6(8,9)5-14-7(10,11)12/h5H,2-4H2,1H3. The second-order valence-electron chi connectivity index (χ2n) is 2.45. The zero-order valence-electron chi connectivity index (χ0n) is 7.40. The first-order valence-electron chi connectivity index (χ1n) is 3.87. The Bertz CT molecular complexity index is 157. The van der Waals surface area contributed by atoms with Crippen LogP contribution < -0.4 is 0 Å². The van der Waals surface area contributed by atoms with E-state index in [1.54, 1.807) is 6.92 Å². The van der Waals surface area contributed by atoms with Crippen LogP contribution in [-0.2, 0) is 9.47 Å². The van der Waals surface area contributed by atoms with E-state index in [9.17, 15) is 22.0 Å². The van der Waals surface area contributed by atoms with Crippen molar-refractivity contribution in [3.63, 3.8) is 0 Å². The molecule has 0 spiro atoms. The highest BCUT2D eigenvalue weighted by molar-refractivity contribution is 4.65. The van der Waals surface area contributed by atoms with Crippen LogP contribution in [0.4, 0.5) is 22.0 Å². The van der Waals surface area contributed by atoms with Crippen LogP contribution in [0.2, 0.25) is 0 Å². The van der Waals surface area contributed by atoms with Crippen LogP contribution in [0, 0.1) is 6.61 Å². The molecule has 0 aromatic heterocycles. The van der Waals surface area contributed by atoms with Crippen LogP contribution in [-0.4, -0.2) is 19.1 Å². The molecule has 0 saturated carbocycles. The van der Waals surface area contributed by atoms with E-state index in [0.717, 1.165) is 0 Å². The van der Waals surface area contributed by atoms with Gasteiger partial charge in [-0.25, -0.2) is 0 Å². The number of hydrogen-bond donors (Lipinski definition) is 0. The van der Waals surface area contributed by atoms with E-state index in [1.165, 1.54) is 0 Å². The van der Waals surface area contributed by atoms with E-state index in [4.69, 9.17) is 0 Å². The summed E-state index contributed by atoms with van der Waals surface area (Å²) in [5, 5.41) is 0. The Balaban J connectivity index is 3.72. The highest BCUT2D eigenvalue weighted by Gasteiger charge is 2.39. The molecular formula is C7H10F5O2. The highest BCUT2D eigenvalue weighted by atomic mass is 19.4. The van der Waals surface area contributed by atoms with Gasteiger partial charge in [0.2, 0.25) is 0 Å². The van der Waals surface area contributed by atoms with Gasteiger partial charge in [0.15, 0.2) is 6.61 Å². The van der Waals surface area contributed by atoms with Crippen molar-refractivity contribution >= 4 is 0 Å². The second kappa shape index (κ2) is 5.45. The summed E-state index contributed by atoms with van der Waals surface area (Å²) in [5.74, 6) is 0. The fraction of sp³-hybridized carbons (Fsp3) is 0.857. The Labute approximate surface area is 78.0 Å². The third-order valence-corrected chi connectivity index (χ3v) is 1.12. The largest absolute Gasteiger partial charge is 0.523 e. The summed E-state index contributed by atoms with van der Waals surface area (Å²) < 4.78 is 65.4.